The summed E-state index contributed by atoms with van der Waals surface area (Å²) in [5.41, 5.74) is 1.43. The number of Topliss-reactive ketones (excluding diaryl/α,β-unsaturated/α-hetero) is 1. The standard InChI is InChI=1S/C20H16ClFN2O3/c1-12-17(19(21)24(23-12)16-6-4-3-5-7-16)20(26)27-13(2)18(25)14-8-10-15(22)11-9-14/h3-11,13H,1-2H3/t13-/m0/s1. The molecule has 0 bridgehead atoms. The molecule has 1 atom stereocenters. The number of carbonyl (C=O) groups is 2. The Balaban J connectivity index is 1.81. The smallest absolute Gasteiger partial charge is 0.343 e. The van der Waals surface area contributed by atoms with Crippen LogP contribution in [0.4, 0.5) is 4.39 Å². The molecule has 1 aromatic heterocycles. The molecule has 0 spiro atoms. The van der Waals surface area contributed by atoms with Crippen molar-refractivity contribution in [1.82, 2.24) is 9.78 Å². The third-order valence-electron chi connectivity index (χ3n) is 3.99. The van der Waals surface area contributed by atoms with Gasteiger partial charge in [0.05, 0.1) is 11.4 Å². The fraction of sp³-hybridized carbons (Fsp3) is 0.150. The van der Waals surface area contributed by atoms with Crippen LogP contribution in [0.3, 0.4) is 0 Å². The zero-order valence-corrected chi connectivity index (χ0v) is 15.4. The van der Waals surface area contributed by atoms with Crippen molar-refractivity contribution < 1.29 is 18.7 Å². The van der Waals surface area contributed by atoms with Crippen LogP contribution >= 0.6 is 11.6 Å². The van der Waals surface area contributed by atoms with Crippen LogP contribution in [0.2, 0.25) is 5.15 Å². The molecule has 7 heteroatoms. The largest absolute Gasteiger partial charge is 0.451 e. The molecular weight excluding hydrogens is 371 g/mol. The van der Waals surface area contributed by atoms with E-state index in [4.69, 9.17) is 16.3 Å². The molecule has 0 amide bonds. The Kier molecular flexibility index (Phi) is 5.37. The summed E-state index contributed by atoms with van der Waals surface area (Å²) in [6, 6.07) is 14.1. The van der Waals surface area contributed by atoms with Crippen LogP contribution in [0.15, 0.2) is 54.6 Å². The summed E-state index contributed by atoms with van der Waals surface area (Å²) in [6.45, 7) is 3.09. The van der Waals surface area contributed by atoms with E-state index in [-0.39, 0.29) is 16.3 Å². The molecule has 138 valence electrons. The van der Waals surface area contributed by atoms with Crippen LogP contribution in [0.5, 0.6) is 0 Å². The highest BCUT2D eigenvalue weighted by Gasteiger charge is 2.26. The van der Waals surface area contributed by atoms with Gasteiger partial charge in [0.15, 0.2) is 6.10 Å². The number of hydrogen-bond donors (Lipinski definition) is 0. The number of rotatable bonds is 5. The molecule has 5 nitrogen and oxygen atoms in total. The Labute approximate surface area is 160 Å². The van der Waals surface area contributed by atoms with Gasteiger partial charge in [0.25, 0.3) is 0 Å². The number of halogens is 2. The maximum atomic E-state index is 13.0. The Bertz CT molecular complexity index is 984. The monoisotopic (exact) mass is 386 g/mol. The van der Waals surface area contributed by atoms with Crippen molar-refractivity contribution in [2.45, 2.75) is 20.0 Å². The predicted octanol–water partition coefficient (Wildman–Crippen LogP) is 4.40. The molecule has 0 saturated heterocycles. The normalized spacial score (nSPS) is 11.9. The highest BCUT2D eigenvalue weighted by Crippen LogP contribution is 2.25. The van der Waals surface area contributed by atoms with Gasteiger partial charge in [-0.2, -0.15) is 5.10 Å². The summed E-state index contributed by atoms with van der Waals surface area (Å²) >= 11 is 6.33. The average Bonchev–Trinajstić information content (AvgIpc) is 2.96. The number of hydrogen-bond acceptors (Lipinski definition) is 4. The van der Waals surface area contributed by atoms with E-state index in [9.17, 15) is 14.0 Å². The molecule has 0 aliphatic carbocycles. The number of esters is 1. The van der Waals surface area contributed by atoms with E-state index >= 15 is 0 Å². The fourth-order valence-corrected chi connectivity index (χ4v) is 2.94. The van der Waals surface area contributed by atoms with Crippen LogP contribution in [-0.2, 0) is 4.74 Å². The number of aryl methyl sites for hydroxylation is 1. The fourth-order valence-electron chi connectivity index (χ4n) is 2.59. The number of ketones is 1. The summed E-state index contributed by atoms with van der Waals surface area (Å²) < 4.78 is 19.7. The van der Waals surface area contributed by atoms with Crippen LogP contribution in [-0.4, -0.2) is 27.6 Å². The van der Waals surface area contributed by atoms with E-state index in [2.05, 4.69) is 5.10 Å². The number of benzene rings is 2. The molecule has 0 fully saturated rings. The van der Waals surface area contributed by atoms with Crippen molar-refractivity contribution in [1.29, 1.82) is 0 Å². The highest BCUT2D eigenvalue weighted by atomic mass is 35.5. The topological polar surface area (TPSA) is 61.2 Å². The summed E-state index contributed by atoms with van der Waals surface area (Å²) in [4.78, 5) is 24.9. The Morgan fingerprint density at radius 2 is 1.74 bits per heavy atom. The lowest BCUT2D eigenvalue weighted by Crippen LogP contribution is -2.24. The third-order valence-corrected chi connectivity index (χ3v) is 4.34. The zero-order chi connectivity index (χ0) is 19.6. The SMILES string of the molecule is Cc1nn(-c2ccccc2)c(Cl)c1C(=O)O[C@@H](C)C(=O)c1ccc(F)cc1. The molecular formula is C20H16ClFN2O3. The lowest BCUT2D eigenvalue weighted by Gasteiger charge is -2.12. The molecule has 0 saturated carbocycles. The Morgan fingerprint density at radius 3 is 2.37 bits per heavy atom. The van der Waals surface area contributed by atoms with Gasteiger partial charge in [-0.3, -0.25) is 4.79 Å². The minimum atomic E-state index is -1.06. The van der Waals surface area contributed by atoms with Crippen LogP contribution in [0.1, 0.15) is 33.3 Å². The highest BCUT2D eigenvalue weighted by molar-refractivity contribution is 6.33. The van der Waals surface area contributed by atoms with Crippen molar-refractivity contribution in [2.24, 2.45) is 0 Å². The Hall–Kier alpha value is -2.99. The molecule has 0 N–H and O–H groups in total. The minimum Gasteiger partial charge on any atom is -0.451 e. The first-order valence-corrected chi connectivity index (χ1v) is 8.57. The second kappa shape index (κ2) is 7.72. The van der Waals surface area contributed by atoms with Crippen LogP contribution in [0, 0.1) is 12.7 Å². The summed E-state index contributed by atoms with van der Waals surface area (Å²) in [7, 11) is 0. The van der Waals surface area contributed by atoms with E-state index in [1.807, 2.05) is 18.2 Å². The quantitative estimate of drug-likeness (QED) is 0.481. The van der Waals surface area contributed by atoms with E-state index in [0.717, 1.165) is 0 Å². The second-order valence-electron chi connectivity index (χ2n) is 5.92. The molecule has 2 aromatic carbocycles. The third kappa shape index (κ3) is 3.90. The van der Waals surface area contributed by atoms with Gasteiger partial charge in [-0.1, -0.05) is 29.8 Å². The number of ether oxygens (including phenoxy) is 1. The number of para-hydroxylation sites is 1. The summed E-state index contributed by atoms with van der Waals surface area (Å²) in [6.07, 6.45) is -1.06. The maximum absolute atomic E-state index is 13.0. The van der Waals surface area contributed by atoms with Crippen LogP contribution in [0.25, 0.3) is 5.69 Å². The van der Waals surface area contributed by atoms with Crippen LogP contribution < -0.4 is 0 Å². The van der Waals surface area contributed by atoms with Gasteiger partial charge in [-0.25, -0.2) is 13.9 Å². The average molecular weight is 387 g/mol. The minimum absolute atomic E-state index is 0.0966. The molecule has 0 aliphatic heterocycles. The first-order valence-electron chi connectivity index (χ1n) is 8.19. The van der Waals surface area contributed by atoms with E-state index in [1.54, 1.807) is 19.1 Å². The summed E-state index contributed by atoms with van der Waals surface area (Å²) in [5, 5.41) is 4.38. The molecule has 3 rings (SSSR count). The van der Waals surface area contributed by atoms with E-state index < -0.39 is 23.7 Å². The maximum Gasteiger partial charge on any atom is 0.343 e. The molecule has 3 aromatic rings. The van der Waals surface area contributed by atoms with Gasteiger partial charge in [-0.05, 0) is 50.2 Å². The van der Waals surface area contributed by atoms with Gasteiger partial charge in [0.2, 0.25) is 5.78 Å². The zero-order valence-electron chi connectivity index (χ0n) is 14.6. The molecule has 0 aliphatic rings. The van der Waals surface area contributed by atoms with Crippen molar-refractivity contribution in [3.8, 4) is 5.69 Å². The Morgan fingerprint density at radius 1 is 1.11 bits per heavy atom. The van der Waals surface area contributed by atoms with Gasteiger partial charge >= 0.3 is 5.97 Å². The van der Waals surface area contributed by atoms with Gasteiger partial charge < -0.3 is 4.74 Å². The van der Waals surface area contributed by atoms with Crippen molar-refractivity contribution >= 4 is 23.4 Å². The number of carbonyl (C=O) groups excluding carboxylic acids is 2. The van der Waals surface area contributed by atoms with E-state index in [1.165, 1.54) is 35.9 Å². The molecule has 1 heterocycles. The first kappa shape index (κ1) is 18.8. The molecule has 0 radical (unpaired) electrons. The van der Waals surface area contributed by atoms with Crippen molar-refractivity contribution in [3.63, 3.8) is 0 Å². The summed E-state index contributed by atoms with van der Waals surface area (Å²) in [5.74, 6) is -1.64. The lowest BCUT2D eigenvalue weighted by molar-refractivity contribution is 0.0318. The number of aromatic nitrogens is 2. The first-order chi connectivity index (χ1) is 12.9. The lowest BCUT2D eigenvalue weighted by atomic mass is 10.1. The van der Waals surface area contributed by atoms with Crippen molar-refractivity contribution in [2.75, 3.05) is 0 Å². The molecule has 0 unspecified atom stereocenters. The predicted molar refractivity (Wildman–Crippen MR) is 98.9 cm³/mol. The number of nitrogens with zero attached hydrogens (tertiary/aromatic N) is 2. The van der Waals surface area contributed by atoms with E-state index in [0.29, 0.717) is 11.4 Å². The van der Waals surface area contributed by atoms with Gasteiger partial charge in [-0.15, -0.1) is 0 Å². The van der Waals surface area contributed by atoms with Crippen molar-refractivity contribution in [3.05, 3.63) is 82.4 Å². The van der Waals surface area contributed by atoms with Gasteiger partial charge in [0, 0.05) is 5.56 Å². The molecule has 27 heavy (non-hydrogen) atoms. The van der Waals surface area contributed by atoms with Gasteiger partial charge in [0.1, 0.15) is 16.5 Å². The second-order valence-corrected chi connectivity index (χ2v) is 6.28.